The molecular weight excluding hydrogens is 1840 g/mol. The number of ether oxygens (including phenoxy) is 4. The van der Waals surface area contributed by atoms with Crippen LogP contribution in [0.2, 0.25) is 40.2 Å². The lowest BCUT2D eigenvalue weighted by Gasteiger charge is -2.48. The van der Waals surface area contributed by atoms with Crippen LogP contribution in [0.15, 0.2) is 245 Å². The Balaban J connectivity index is 0.000000299. The van der Waals surface area contributed by atoms with Crippen LogP contribution in [0.5, 0.6) is 0 Å². The Bertz CT molecular complexity index is 4460. The van der Waals surface area contributed by atoms with Crippen molar-refractivity contribution in [3.8, 4) is 0 Å². The number of nitrogens with zero attached hydrogens (tertiary/aromatic N) is 4. The van der Waals surface area contributed by atoms with E-state index in [9.17, 15) is 19.2 Å². The lowest BCUT2D eigenvalue weighted by molar-refractivity contribution is -0.193. The predicted octanol–water partition coefficient (Wildman–Crippen LogP) is 26.3. The van der Waals surface area contributed by atoms with E-state index in [-0.39, 0.29) is 121 Å². The molecule has 4 aliphatic heterocycles. The number of hydrogen-bond donors (Lipinski definition) is 0. The average molecular weight is 1960 g/mol. The highest BCUT2D eigenvalue weighted by Crippen LogP contribution is 2.51. The molecule has 132 heavy (non-hydrogen) atoms. The molecular formula is C104H116Cl8N4O16. The summed E-state index contributed by atoms with van der Waals surface area (Å²) in [5.74, 6) is 0.0868. The molecule has 4 fully saturated rings. The molecule has 8 aromatic carbocycles. The lowest BCUT2D eigenvalue weighted by atomic mass is 9.88. The number of amides is 4. The number of carbonyl (C=O) groups is 4. The Labute approximate surface area is 815 Å². The summed E-state index contributed by atoms with van der Waals surface area (Å²) in [6.07, 6.45) is 17.6. The first-order valence-corrected chi connectivity index (χ1v) is 47.0. The average Bonchev–Trinajstić information content (AvgIpc) is 0.773. The second-order valence-electron chi connectivity index (χ2n) is 31.2. The number of hydrogen-bond acceptors (Lipinski definition) is 16. The minimum atomic E-state index is -0.555. The van der Waals surface area contributed by atoms with Gasteiger partial charge in [-0.25, -0.2) is 0 Å². The summed E-state index contributed by atoms with van der Waals surface area (Å²) in [6.45, 7) is 32.5. The van der Waals surface area contributed by atoms with Crippen molar-refractivity contribution in [2.75, 3.05) is 0 Å². The minimum absolute atomic E-state index is 0.0217. The van der Waals surface area contributed by atoms with Gasteiger partial charge in [0.25, 0.3) is 23.6 Å². The summed E-state index contributed by atoms with van der Waals surface area (Å²) in [5, 5.41) is 5.25. The summed E-state index contributed by atoms with van der Waals surface area (Å²) in [4.78, 5) is 128. The fourth-order valence-electron chi connectivity index (χ4n) is 17.1. The van der Waals surface area contributed by atoms with Crippen LogP contribution in [0.3, 0.4) is 0 Å². The van der Waals surface area contributed by atoms with Gasteiger partial charge in [-0.2, -0.15) is 38.4 Å². The largest absolute Gasteiger partial charge is 0.373 e. The summed E-state index contributed by atoms with van der Waals surface area (Å²) in [7, 11) is 0. The zero-order valence-electron chi connectivity index (χ0n) is 75.5. The van der Waals surface area contributed by atoms with Crippen LogP contribution in [0, 0.1) is 0 Å². The zero-order chi connectivity index (χ0) is 97.5. The van der Waals surface area contributed by atoms with E-state index in [1.165, 1.54) is 0 Å². The van der Waals surface area contributed by atoms with E-state index < -0.39 is 24.4 Å². The molecule has 8 aromatic rings. The van der Waals surface area contributed by atoms with Gasteiger partial charge in [0.2, 0.25) is 0 Å². The Kier molecular flexibility index (Phi) is 51.7. The quantitative estimate of drug-likeness (QED) is 0.0355. The molecule has 0 aliphatic carbocycles. The maximum Gasteiger partial charge on any atom is 0.373 e. The maximum absolute atomic E-state index is 13.6. The van der Waals surface area contributed by atoms with Crippen LogP contribution in [0.1, 0.15) is 251 Å². The highest BCUT2D eigenvalue weighted by atomic mass is 35.5. The van der Waals surface area contributed by atoms with Crippen molar-refractivity contribution in [1.82, 2.24) is 19.6 Å². The van der Waals surface area contributed by atoms with Crippen molar-refractivity contribution in [2.24, 2.45) is 0 Å². The summed E-state index contributed by atoms with van der Waals surface area (Å²) < 4.78 is 25.7. The van der Waals surface area contributed by atoms with E-state index in [0.29, 0.717) is 65.9 Å². The number of morpholine rings is 4. The van der Waals surface area contributed by atoms with E-state index in [0.717, 1.165) is 122 Å². The number of rotatable bonds is 32. The molecule has 0 radical (unpaired) electrons. The SMILES string of the molecule is C=CC[C@@H]1O[C@@H](c2cccc(Cl)c2)[C@@H](c2ccc(Cl)cc2)N(C(CC)CCC)C1=O.C=CC[C@@H]1O[C@@H](c2cccc(Cl)c2)[C@@H](c2ccc(Cl)cc2)N([C@H](CC)CCC)C1=O.C=CC[C@H]1O[C@H](c2cccc(Cl)c2)[C@H](c2ccc(Cl)cc2)N(C(CC)CCC)C1=O.C=CC[C@H]1O[C@H](c2cccc(Cl)c2)[C@H](c2ccc(Cl)cc2)N([C@H](CC)CCC)C1=O.O=C=O.O=C=O.O=C=O.O=C=O. The smallest absolute Gasteiger partial charge is 0.358 e. The third-order valence-electron chi connectivity index (χ3n) is 22.7. The van der Waals surface area contributed by atoms with Gasteiger partial charge in [0.05, 0.1) is 24.2 Å². The normalized spacial score (nSPS) is 20.9. The van der Waals surface area contributed by atoms with E-state index in [1.807, 2.05) is 194 Å². The predicted molar refractivity (Wildman–Crippen MR) is 516 cm³/mol. The van der Waals surface area contributed by atoms with Crippen LogP contribution in [0.25, 0.3) is 0 Å². The lowest BCUT2D eigenvalue weighted by Crippen LogP contribution is -2.54. The van der Waals surface area contributed by atoms with Crippen LogP contribution in [0.4, 0.5) is 0 Å². The van der Waals surface area contributed by atoms with Crippen LogP contribution in [-0.2, 0) is 76.5 Å². The molecule has 4 saturated heterocycles. The van der Waals surface area contributed by atoms with Gasteiger partial charge in [-0.05, 0) is 193 Å². The monoisotopic (exact) mass is 1960 g/mol. The number of benzene rings is 8. The molecule has 4 heterocycles. The zero-order valence-corrected chi connectivity index (χ0v) is 81.6. The van der Waals surface area contributed by atoms with Crippen LogP contribution >= 0.6 is 92.8 Å². The first-order valence-electron chi connectivity index (χ1n) is 44.0. The van der Waals surface area contributed by atoms with E-state index in [1.54, 1.807) is 24.3 Å². The Hall–Kier alpha value is -9.72. The molecule has 0 spiro atoms. The molecule has 2 unspecified atom stereocenters. The maximum atomic E-state index is 13.6. The standard InChI is InChI=1S/4C25H29Cl2NO2.4CO2/c4*1-4-8-21(6-3)28-23(17-12-14-19(26)15-13-17)24(18-10-7-11-20(27)16-18)30-22(9-5-2)25(28)29;4*2-1-3/h4*5,7,10-16,21-24H,2,4,6,8-9H2,1,3H3;;;;/t2*21?,22-,23+,24-;21-,22+,23-,24+;21-,22-,23+,24-;;;;/m1011..../s1. The van der Waals surface area contributed by atoms with Gasteiger partial charge in [0.1, 0.15) is 48.8 Å². The van der Waals surface area contributed by atoms with Gasteiger partial charge in [0, 0.05) is 90.0 Å². The Morgan fingerprint density at radius 2 is 0.439 bits per heavy atom. The van der Waals surface area contributed by atoms with E-state index in [2.05, 4.69) is 101 Å². The van der Waals surface area contributed by atoms with Gasteiger partial charge in [-0.15, -0.1) is 26.3 Å². The van der Waals surface area contributed by atoms with Gasteiger partial charge >= 0.3 is 24.6 Å². The molecule has 704 valence electrons. The third-order valence-corrected chi connectivity index (χ3v) is 24.7. The van der Waals surface area contributed by atoms with E-state index in [4.69, 9.17) is 150 Å². The third kappa shape index (κ3) is 32.3. The van der Waals surface area contributed by atoms with Crippen molar-refractivity contribution < 1.29 is 76.5 Å². The van der Waals surface area contributed by atoms with Crippen molar-refractivity contribution >= 4 is 141 Å². The Morgan fingerprint density at radius 3 is 0.576 bits per heavy atom. The summed E-state index contributed by atoms with van der Waals surface area (Å²) >= 11 is 49.9. The second kappa shape index (κ2) is 60.5. The van der Waals surface area contributed by atoms with Crippen molar-refractivity contribution in [2.45, 2.75) is 255 Å². The fraction of sp³-hybridized carbons (Fsp3) is 0.385. The van der Waals surface area contributed by atoms with Crippen molar-refractivity contribution in [3.63, 3.8) is 0 Å². The summed E-state index contributed by atoms with van der Waals surface area (Å²) in [5.41, 5.74) is 7.85. The first-order chi connectivity index (χ1) is 63.6. The molecule has 20 nitrogen and oxygen atoms in total. The second-order valence-corrected chi connectivity index (χ2v) is 34.7. The minimum Gasteiger partial charge on any atom is -0.358 e. The van der Waals surface area contributed by atoms with Gasteiger partial charge in [-0.3, -0.25) is 19.2 Å². The van der Waals surface area contributed by atoms with Gasteiger partial charge < -0.3 is 38.5 Å². The molecule has 4 aliphatic rings. The molecule has 4 amide bonds. The fourth-order valence-corrected chi connectivity index (χ4v) is 18.4. The van der Waals surface area contributed by atoms with Crippen molar-refractivity contribution in [3.05, 3.63) is 329 Å². The molecule has 0 bridgehead atoms. The summed E-state index contributed by atoms with van der Waals surface area (Å²) in [6, 6.07) is 61.1. The number of halogens is 8. The Morgan fingerprint density at radius 1 is 0.273 bits per heavy atom. The van der Waals surface area contributed by atoms with E-state index >= 15 is 0 Å². The van der Waals surface area contributed by atoms with Crippen LogP contribution in [-0.4, -0.2) is 116 Å². The highest BCUT2D eigenvalue weighted by molar-refractivity contribution is 6.32. The highest BCUT2D eigenvalue weighted by Gasteiger charge is 2.51. The molecule has 28 heteroatoms. The topological polar surface area (TPSA) is 255 Å². The van der Waals surface area contributed by atoms with Crippen molar-refractivity contribution in [1.29, 1.82) is 0 Å². The molecule has 0 saturated carbocycles. The number of carbonyl (C=O) groups excluding carboxylic acids is 12. The first kappa shape index (κ1) is 113. The van der Waals surface area contributed by atoms with Crippen LogP contribution < -0.4 is 0 Å². The van der Waals surface area contributed by atoms with Gasteiger partial charge in [0.15, 0.2) is 0 Å². The molecule has 16 atom stereocenters. The molecule has 0 aromatic heterocycles. The van der Waals surface area contributed by atoms with Gasteiger partial charge in [-0.1, -0.05) is 295 Å². The molecule has 12 rings (SSSR count). The molecule has 0 N–H and O–H groups in total.